The predicted octanol–water partition coefficient (Wildman–Crippen LogP) is 1.68. The van der Waals surface area contributed by atoms with Gasteiger partial charge in [0.2, 0.25) is 5.11 Å². The number of carbonyl (C=O) groups excluding carboxylic acids is 1. The van der Waals surface area contributed by atoms with Gasteiger partial charge in [0, 0.05) is 18.8 Å². The standard InChI is InChI=1S/C13H9N3OS/c1-16-12(17)11-10(15-13(16)18)9(7-14-11)8-5-3-2-4-6-8/h2-7H,1H3. The molecule has 88 valence electrons. The first kappa shape index (κ1) is 11.0. The fraction of sp³-hybridized carbons (Fsp3) is 0.0769. The Morgan fingerprint density at radius 3 is 2.61 bits per heavy atom. The molecule has 3 rings (SSSR count). The van der Waals surface area contributed by atoms with E-state index in [1.807, 2.05) is 30.3 Å². The van der Waals surface area contributed by atoms with Gasteiger partial charge in [-0.2, -0.15) is 0 Å². The average Bonchev–Trinajstić information content (AvgIpc) is 2.81. The van der Waals surface area contributed by atoms with E-state index in [0.29, 0.717) is 11.4 Å². The van der Waals surface area contributed by atoms with Crippen LogP contribution in [0.15, 0.2) is 46.5 Å². The first-order valence-corrected chi connectivity index (χ1v) is 5.84. The van der Waals surface area contributed by atoms with Gasteiger partial charge in [0.05, 0.1) is 0 Å². The molecule has 0 bridgehead atoms. The van der Waals surface area contributed by atoms with Crippen LogP contribution >= 0.6 is 12.2 Å². The van der Waals surface area contributed by atoms with Gasteiger partial charge < -0.3 is 0 Å². The molecule has 1 aromatic rings. The molecule has 0 saturated heterocycles. The van der Waals surface area contributed by atoms with Gasteiger partial charge in [-0.1, -0.05) is 30.3 Å². The molecule has 0 N–H and O–H groups in total. The summed E-state index contributed by atoms with van der Waals surface area (Å²) in [5.41, 5.74) is 2.77. The lowest BCUT2D eigenvalue weighted by Crippen LogP contribution is -2.43. The van der Waals surface area contributed by atoms with Gasteiger partial charge >= 0.3 is 0 Å². The van der Waals surface area contributed by atoms with E-state index < -0.39 is 0 Å². The van der Waals surface area contributed by atoms with Crippen molar-refractivity contribution in [2.75, 3.05) is 7.05 Å². The van der Waals surface area contributed by atoms with Crippen LogP contribution in [0.4, 0.5) is 0 Å². The summed E-state index contributed by atoms with van der Waals surface area (Å²) in [5.74, 6) is -0.202. The second-order valence-electron chi connectivity index (χ2n) is 3.99. The average molecular weight is 255 g/mol. The van der Waals surface area contributed by atoms with E-state index in [2.05, 4.69) is 9.98 Å². The topological polar surface area (TPSA) is 45.0 Å². The first-order valence-electron chi connectivity index (χ1n) is 5.43. The predicted molar refractivity (Wildman–Crippen MR) is 74.7 cm³/mol. The van der Waals surface area contributed by atoms with Crippen LogP contribution in [-0.4, -0.2) is 34.4 Å². The molecule has 0 aromatic heterocycles. The lowest BCUT2D eigenvalue weighted by atomic mass is 9.99. The number of allylic oxidation sites excluding steroid dienone is 1. The summed E-state index contributed by atoms with van der Waals surface area (Å²) in [5, 5.41) is 0.276. The van der Waals surface area contributed by atoms with Crippen molar-refractivity contribution in [3.8, 4) is 0 Å². The molecule has 2 aliphatic rings. The second kappa shape index (κ2) is 3.96. The molecule has 0 saturated carbocycles. The van der Waals surface area contributed by atoms with Crippen LogP contribution < -0.4 is 0 Å². The van der Waals surface area contributed by atoms with Gasteiger partial charge in [0.1, 0.15) is 5.71 Å². The smallest absolute Gasteiger partial charge is 0.280 e. The molecule has 1 amide bonds. The molecule has 18 heavy (non-hydrogen) atoms. The summed E-state index contributed by atoms with van der Waals surface area (Å²) in [7, 11) is 1.61. The van der Waals surface area contributed by atoms with Crippen LogP contribution in [-0.2, 0) is 4.79 Å². The van der Waals surface area contributed by atoms with E-state index in [0.717, 1.165) is 11.1 Å². The van der Waals surface area contributed by atoms with E-state index in [-0.39, 0.29) is 11.0 Å². The van der Waals surface area contributed by atoms with Crippen molar-refractivity contribution in [2.24, 2.45) is 9.98 Å². The van der Waals surface area contributed by atoms with Crippen LogP contribution in [0, 0.1) is 0 Å². The van der Waals surface area contributed by atoms with E-state index in [9.17, 15) is 4.79 Å². The number of carbonyl (C=O) groups is 1. The fourth-order valence-corrected chi connectivity index (χ4v) is 2.07. The third-order valence-electron chi connectivity index (χ3n) is 2.89. The number of aliphatic imine (C=N–C) groups is 2. The van der Waals surface area contributed by atoms with Crippen molar-refractivity contribution >= 4 is 40.2 Å². The number of amides is 1. The Labute approximate surface area is 109 Å². The minimum atomic E-state index is -0.202. The zero-order valence-electron chi connectivity index (χ0n) is 9.62. The number of benzene rings is 1. The molecule has 0 spiro atoms. The number of nitrogens with zero attached hydrogens (tertiary/aromatic N) is 3. The van der Waals surface area contributed by atoms with Crippen LogP contribution in [0.5, 0.6) is 0 Å². The van der Waals surface area contributed by atoms with Crippen molar-refractivity contribution in [1.82, 2.24) is 4.90 Å². The molecular weight excluding hydrogens is 246 g/mol. The Morgan fingerprint density at radius 1 is 1.17 bits per heavy atom. The highest BCUT2D eigenvalue weighted by molar-refractivity contribution is 7.80. The summed E-state index contributed by atoms with van der Waals surface area (Å²) < 4.78 is 0. The lowest BCUT2D eigenvalue weighted by Gasteiger charge is -2.21. The molecule has 0 fully saturated rings. The number of hydrogen-bond acceptors (Lipinski definition) is 3. The Hall–Kier alpha value is -2.14. The molecule has 4 nitrogen and oxygen atoms in total. The monoisotopic (exact) mass is 255 g/mol. The summed E-state index contributed by atoms with van der Waals surface area (Å²) in [4.78, 5) is 21.8. The van der Waals surface area contributed by atoms with E-state index >= 15 is 0 Å². The summed E-state index contributed by atoms with van der Waals surface area (Å²) in [6, 6.07) is 9.72. The molecule has 0 unspecified atom stereocenters. The highest BCUT2D eigenvalue weighted by Crippen LogP contribution is 2.24. The van der Waals surface area contributed by atoms with Gasteiger partial charge in [-0.3, -0.25) is 9.69 Å². The Kier molecular flexibility index (Phi) is 2.41. The molecule has 0 aliphatic carbocycles. The third-order valence-corrected chi connectivity index (χ3v) is 3.25. The molecular formula is C13H9N3OS. The maximum Gasteiger partial charge on any atom is 0.280 e. The Morgan fingerprint density at radius 2 is 1.89 bits per heavy atom. The minimum absolute atomic E-state index is 0.202. The molecule has 2 aliphatic heterocycles. The quantitative estimate of drug-likeness (QED) is 0.717. The zero-order chi connectivity index (χ0) is 12.7. The van der Waals surface area contributed by atoms with Gasteiger partial charge in [-0.25, -0.2) is 9.98 Å². The summed E-state index contributed by atoms with van der Waals surface area (Å²) >= 11 is 5.07. The van der Waals surface area contributed by atoms with Crippen LogP contribution in [0.25, 0.3) is 5.57 Å². The van der Waals surface area contributed by atoms with Gasteiger partial charge in [0.15, 0.2) is 5.71 Å². The maximum atomic E-state index is 12.0. The van der Waals surface area contributed by atoms with Crippen molar-refractivity contribution < 1.29 is 4.79 Å². The fourth-order valence-electron chi connectivity index (χ4n) is 1.89. The van der Waals surface area contributed by atoms with Crippen molar-refractivity contribution in [2.45, 2.75) is 0 Å². The number of fused-ring (bicyclic) bond motifs is 1. The molecule has 2 heterocycles. The van der Waals surface area contributed by atoms with Crippen molar-refractivity contribution in [3.63, 3.8) is 0 Å². The maximum absolute atomic E-state index is 12.0. The zero-order valence-corrected chi connectivity index (χ0v) is 10.4. The van der Waals surface area contributed by atoms with Crippen LogP contribution in [0.3, 0.4) is 0 Å². The first-order chi connectivity index (χ1) is 8.68. The number of thiocarbonyl (C=S) groups is 1. The molecule has 0 atom stereocenters. The highest BCUT2D eigenvalue weighted by atomic mass is 32.1. The normalized spacial score (nSPS) is 18.3. The van der Waals surface area contributed by atoms with E-state index in [4.69, 9.17) is 12.2 Å². The van der Waals surface area contributed by atoms with Crippen molar-refractivity contribution in [3.05, 3.63) is 42.1 Å². The summed E-state index contributed by atoms with van der Waals surface area (Å²) in [6.07, 6.45) is 1.67. The lowest BCUT2D eigenvalue weighted by molar-refractivity contribution is -0.119. The van der Waals surface area contributed by atoms with E-state index in [1.165, 1.54) is 4.90 Å². The van der Waals surface area contributed by atoms with Crippen molar-refractivity contribution in [1.29, 1.82) is 0 Å². The van der Waals surface area contributed by atoms with Gasteiger partial charge in [0.25, 0.3) is 5.91 Å². The number of rotatable bonds is 1. The third kappa shape index (κ3) is 1.52. The summed E-state index contributed by atoms with van der Waals surface area (Å²) in [6.45, 7) is 0. The Bertz CT molecular complexity index is 643. The van der Waals surface area contributed by atoms with Gasteiger partial charge in [-0.05, 0) is 17.8 Å². The Balaban J connectivity index is 2.08. The van der Waals surface area contributed by atoms with Gasteiger partial charge in [-0.15, -0.1) is 0 Å². The number of hydrogen-bond donors (Lipinski definition) is 0. The molecule has 0 radical (unpaired) electrons. The molecule has 1 aromatic carbocycles. The largest absolute Gasteiger partial charge is 0.285 e. The SMILES string of the molecule is CN1C(=O)C2=NC=C(c3ccccc3)C2=NC1=S. The molecule has 5 heteroatoms. The van der Waals surface area contributed by atoms with Crippen LogP contribution in [0.2, 0.25) is 0 Å². The highest BCUT2D eigenvalue weighted by Gasteiger charge is 2.34. The van der Waals surface area contributed by atoms with Crippen LogP contribution in [0.1, 0.15) is 5.56 Å². The van der Waals surface area contributed by atoms with E-state index in [1.54, 1.807) is 13.2 Å². The minimum Gasteiger partial charge on any atom is -0.285 e. The second-order valence-corrected chi connectivity index (χ2v) is 4.36.